The first kappa shape index (κ1) is 19.4. The highest BCUT2D eigenvalue weighted by Crippen LogP contribution is 2.39. The van der Waals surface area contributed by atoms with Gasteiger partial charge in [-0.1, -0.05) is 29.8 Å². The van der Waals surface area contributed by atoms with Crippen LogP contribution in [0.25, 0.3) is 10.9 Å². The molecule has 2 N–H and O–H groups in total. The molecule has 0 spiro atoms. The third-order valence-electron chi connectivity index (χ3n) is 4.29. The number of aromatic amines is 1. The van der Waals surface area contributed by atoms with Crippen molar-refractivity contribution in [2.45, 2.75) is 6.04 Å². The maximum absolute atomic E-state index is 12.7. The summed E-state index contributed by atoms with van der Waals surface area (Å²) in [6.07, 6.45) is 0. The van der Waals surface area contributed by atoms with Crippen molar-refractivity contribution in [3.8, 4) is 23.3 Å². The van der Waals surface area contributed by atoms with Gasteiger partial charge >= 0.3 is 0 Å². The van der Waals surface area contributed by atoms with Crippen LogP contribution in [0.4, 0.5) is 0 Å². The minimum atomic E-state index is -0.955. The molecule has 0 fully saturated rings. The third-order valence-corrected chi connectivity index (χ3v) is 4.69. The fraction of sp³-hybridized carbons (Fsp3) is 0.200. The summed E-state index contributed by atoms with van der Waals surface area (Å²) in [7, 11) is 4.44. The summed E-state index contributed by atoms with van der Waals surface area (Å²) in [4.78, 5) is 15.7. The number of H-pyrrole nitrogens is 1. The zero-order valence-electron chi connectivity index (χ0n) is 15.5. The Morgan fingerprint density at radius 1 is 1.14 bits per heavy atom. The van der Waals surface area contributed by atoms with E-state index in [1.54, 1.807) is 12.1 Å². The summed E-state index contributed by atoms with van der Waals surface area (Å²) in [5.74, 6) is 0.668. The summed E-state index contributed by atoms with van der Waals surface area (Å²) in [6, 6.07) is 11.6. The lowest BCUT2D eigenvalue weighted by molar-refractivity contribution is 0.0941. The monoisotopic (exact) mass is 399 g/mol. The van der Waals surface area contributed by atoms with Gasteiger partial charge in [-0.3, -0.25) is 4.79 Å². The number of fused-ring (bicyclic) bond motifs is 1. The highest BCUT2D eigenvalue weighted by Gasteiger charge is 2.23. The number of carbonyl (C=O) groups excluding carboxylic acids is 1. The summed E-state index contributed by atoms with van der Waals surface area (Å²) in [5.41, 5.74) is 1.41. The number of aromatic nitrogens is 1. The number of rotatable bonds is 6. The first-order chi connectivity index (χ1) is 13.5. The van der Waals surface area contributed by atoms with Crippen LogP contribution in [-0.4, -0.2) is 32.2 Å². The predicted octanol–water partition coefficient (Wildman–Crippen LogP) is 3.84. The van der Waals surface area contributed by atoms with Crippen molar-refractivity contribution in [3.05, 3.63) is 52.7 Å². The van der Waals surface area contributed by atoms with Gasteiger partial charge in [0.1, 0.15) is 11.7 Å². The van der Waals surface area contributed by atoms with Crippen molar-refractivity contribution in [2.75, 3.05) is 21.3 Å². The first-order valence-corrected chi connectivity index (χ1v) is 8.68. The lowest BCUT2D eigenvalue weighted by atomic mass is 10.1. The third kappa shape index (κ3) is 3.42. The van der Waals surface area contributed by atoms with Crippen molar-refractivity contribution >= 4 is 28.4 Å². The van der Waals surface area contributed by atoms with E-state index < -0.39 is 11.9 Å². The largest absolute Gasteiger partial charge is 0.493 e. The van der Waals surface area contributed by atoms with E-state index >= 15 is 0 Å². The molecule has 0 radical (unpaired) electrons. The molecule has 0 saturated carbocycles. The van der Waals surface area contributed by atoms with Crippen LogP contribution >= 0.6 is 11.6 Å². The number of methoxy groups -OCH3 is 3. The van der Waals surface area contributed by atoms with E-state index in [1.165, 1.54) is 21.3 Å². The van der Waals surface area contributed by atoms with Crippen LogP contribution in [0, 0.1) is 11.3 Å². The van der Waals surface area contributed by atoms with Crippen LogP contribution in [0.3, 0.4) is 0 Å². The van der Waals surface area contributed by atoms with Crippen molar-refractivity contribution in [1.82, 2.24) is 10.3 Å². The zero-order chi connectivity index (χ0) is 20.3. The lowest BCUT2D eigenvalue weighted by Gasteiger charge is -2.17. The highest BCUT2D eigenvalue weighted by molar-refractivity contribution is 6.38. The van der Waals surface area contributed by atoms with Crippen molar-refractivity contribution in [1.29, 1.82) is 5.26 Å². The predicted molar refractivity (Wildman–Crippen MR) is 105 cm³/mol. The van der Waals surface area contributed by atoms with Gasteiger partial charge in [0.25, 0.3) is 5.91 Å². The van der Waals surface area contributed by atoms with Crippen molar-refractivity contribution in [3.63, 3.8) is 0 Å². The smallest absolute Gasteiger partial charge is 0.270 e. The standard InChI is InChI=1S/C20H18ClN3O4/c1-26-15-8-11(9-16(27-2)19(15)28-3)14(10-22)24-20(25)18-17(21)12-6-4-5-7-13(12)23-18/h4-9,14,23H,1-3H3,(H,24,25). The average molecular weight is 400 g/mol. The molecule has 7 nitrogen and oxygen atoms in total. The van der Waals surface area contributed by atoms with Gasteiger partial charge < -0.3 is 24.5 Å². The minimum absolute atomic E-state index is 0.190. The molecule has 0 bridgehead atoms. The maximum Gasteiger partial charge on any atom is 0.270 e. The molecule has 1 heterocycles. The van der Waals surface area contributed by atoms with Gasteiger partial charge in [-0.2, -0.15) is 5.26 Å². The summed E-state index contributed by atoms with van der Waals surface area (Å²) >= 11 is 6.33. The summed E-state index contributed by atoms with van der Waals surface area (Å²) in [5, 5.41) is 13.3. The molecule has 1 unspecified atom stereocenters. The first-order valence-electron chi connectivity index (χ1n) is 8.30. The van der Waals surface area contributed by atoms with Gasteiger partial charge in [0.2, 0.25) is 5.75 Å². The normalized spacial score (nSPS) is 11.5. The molecule has 1 atom stereocenters. The number of ether oxygens (including phenoxy) is 3. The topological polar surface area (TPSA) is 96.4 Å². The van der Waals surface area contributed by atoms with E-state index in [0.717, 1.165) is 10.9 Å². The molecule has 0 aliphatic carbocycles. The Bertz CT molecular complexity index is 1050. The molecule has 2 aromatic carbocycles. The van der Waals surface area contributed by atoms with Gasteiger partial charge in [0.15, 0.2) is 11.5 Å². The number of amides is 1. The molecule has 8 heteroatoms. The number of carbonyl (C=O) groups is 1. The van der Waals surface area contributed by atoms with E-state index in [-0.39, 0.29) is 5.69 Å². The van der Waals surface area contributed by atoms with Gasteiger partial charge in [-0.05, 0) is 23.8 Å². The molecule has 28 heavy (non-hydrogen) atoms. The number of nitrogens with one attached hydrogen (secondary N) is 2. The Kier molecular flexibility index (Phi) is 5.62. The van der Waals surface area contributed by atoms with Gasteiger partial charge in [-0.25, -0.2) is 0 Å². The number of benzene rings is 2. The number of para-hydroxylation sites is 1. The number of nitrogens with zero attached hydrogens (tertiary/aromatic N) is 1. The zero-order valence-corrected chi connectivity index (χ0v) is 16.3. The van der Waals surface area contributed by atoms with Crippen LogP contribution < -0.4 is 19.5 Å². The molecular weight excluding hydrogens is 382 g/mol. The van der Waals surface area contributed by atoms with Gasteiger partial charge in [0.05, 0.1) is 32.4 Å². The molecule has 1 aromatic heterocycles. The molecule has 1 amide bonds. The molecule has 3 aromatic rings. The van der Waals surface area contributed by atoms with Crippen LogP contribution in [0.15, 0.2) is 36.4 Å². The molecule has 0 saturated heterocycles. The second-order valence-corrected chi connectivity index (χ2v) is 6.23. The van der Waals surface area contributed by atoms with Crippen LogP contribution in [0.2, 0.25) is 5.02 Å². The molecule has 0 aliphatic heterocycles. The van der Waals surface area contributed by atoms with Crippen molar-refractivity contribution in [2.24, 2.45) is 0 Å². The number of hydrogen-bond acceptors (Lipinski definition) is 5. The lowest BCUT2D eigenvalue weighted by Crippen LogP contribution is -2.28. The Labute approximate surface area is 166 Å². The Hall–Kier alpha value is -3.37. The number of halogens is 1. The maximum atomic E-state index is 12.7. The van der Waals surface area contributed by atoms with E-state index in [1.807, 2.05) is 24.3 Å². The quantitative estimate of drug-likeness (QED) is 0.656. The number of nitriles is 1. The minimum Gasteiger partial charge on any atom is -0.493 e. The van der Waals surface area contributed by atoms with Crippen LogP contribution in [0.5, 0.6) is 17.2 Å². The van der Waals surface area contributed by atoms with Gasteiger partial charge in [0, 0.05) is 10.9 Å². The fourth-order valence-electron chi connectivity index (χ4n) is 2.93. The van der Waals surface area contributed by atoms with Crippen molar-refractivity contribution < 1.29 is 19.0 Å². The fourth-order valence-corrected chi connectivity index (χ4v) is 3.22. The molecule has 3 rings (SSSR count). The van der Waals surface area contributed by atoms with Crippen LogP contribution in [0.1, 0.15) is 22.1 Å². The number of hydrogen-bond donors (Lipinski definition) is 2. The van der Waals surface area contributed by atoms with Gasteiger partial charge in [-0.15, -0.1) is 0 Å². The highest BCUT2D eigenvalue weighted by atomic mass is 35.5. The molecule has 0 aliphatic rings. The van der Waals surface area contributed by atoms with E-state index in [0.29, 0.717) is 27.8 Å². The average Bonchev–Trinajstić information content (AvgIpc) is 3.07. The Morgan fingerprint density at radius 2 is 1.79 bits per heavy atom. The second-order valence-electron chi connectivity index (χ2n) is 5.85. The molecular formula is C20H18ClN3O4. The Balaban J connectivity index is 1.95. The summed E-state index contributed by atoms with van der Waals surface area (Å²) in [6.45, 7) is 0. The van der Waals surface area contributed by atoms with Crippen LogP contribution in [-0.2, 0) is 0 Å². The SMILES string of the molecule is COc1cc(C(C#N)NC(=O)c2[nH]c3ccccc3c2Cl)cc(OC)c1OC. The van der Waals surface area contributed by atoms with E-state index in [9.17, 15) is 10.1 Å². The Morgan fingerprint density at radius 3 is 2.32 bits per heavy atom. The summed E-state index contributed by atoms with van der Waals surface area (Å²) < 4.78 is 15.9. The van der Waals surface area contributed by atoms with E-state index in [4.69, 9.17) is 25.8 Å². The molecule has 144 valence electrons. The van der Waals surface area contributed by atoms with E-state index in [2.05, 4.69) is 16.4 Å². The second kappa shape index (κ2) is 8.11.